The predicted molar refractivity (Wildman–Crippen MR) is 98.7 cm³/mol. The summed E-state index contributed by atoms with van der Waals surface area (Å²) in [6, 6.07) is 10.5. The van der Waals surface area contributed by atoms with E-state index in [4.69, 9.17) is 16.3 Å². The van der Waals surface area contributed by atoms with Gasteiger partial charge in [-0.05, 0) is 49.6 Å². The van der Waals surface area contributed by atoms with Gasteiger partial charge in [0.2, 0.25) is 11.8 Å². The molecule has 0 saturated carbocycles. The topological polar surface area (TPSA) is 79.9 Å². The molecule has 1 aliphatic carbocycles. The van der Waals surface area contributed by atoms with Gasteiger partial charge in [-0.1, -0.05) is 11.6 Å². The van der Waals surface area contributed by atoms with Crippen molar-refractivity contribution in [2.75, 3.05) is 5.32 Å². The summed E-state index contributed by atoms with van der Waals surface area (Å²) in [5, 5.41) is 10.6. The number of benzene rings is 1. The summed E-state index contributed by atoms with van der Waals surface area (Å²) in [6.45, 7) is 0. The number of aryl methyl sites for hydroxylation is 1. The van der Waals surface area contributed by atoms with Gasteiger partial charge in [0.1, 0.15) is 5.75 Å². The van der Waals surface area contributed by atoms with E-state index in [2.05, 4.69) is 20.5 Å². The number of ether oxygens (including phenoxy) is 1. The molecule has 2 aromatic heterocycles. The molecule has 0 aliphatic heterocycles. The molecule has 6 nitrogen and oxygen atoms in total. The van der Waals surface area contributed by atoms with Gasteiger partial charge < -0.3 is 10.1 Å². The number of carbonyl (C=O) groups excluding carboxylic acids is 1. The number of hydrogen-bond donors (Lipinski definition) is 2. The maximum absolute atomic E-state index is 12.6. The lowest BCUT2D eigenvalue weighted by Crippen LogP contribution is -2.24. The van der Waals surface area contributed by atoms with Crippen molar-refractivity contribution in [3.8, 4) is 11.6 Å². The molecule has 1 unspecified atom stereocenters. The van der Waals surface area contributed by atoms with Crippen LogP contribution < -0.4 is 10.1 Å². The van der Waals surface area contributed by atoms with Gasteiger partial charge >= 0.3 is 0 Å². The van der Waals surface area contributed by atoms with Gasteiger partial charge in [-0.3, -0.25) is 9.89 Å². The Bertz CT molecular complexity index is 906. The van der Waals surface area contributed by atoms with Gasteiger partial charge in [0.25, 0.3) is 0 Å². The van der Waals surface area contributed by atoms with E-state index in [9.17, 15) is 4.79 Å². The van der Waals surface area contributed by atoms with Crippen molar-refractivity contribution in [2.45, 2.75) is 25.2 Å². The van der Waals surface area contributed by atoms with Crippen LogP contribution in [0.1, 0.15) is 30.0 Å². The number of amides is 1. The standard InChI is InChI=1S/C19H17ClN4O2/c20-12-4-7-14(8-5-12)26-18-9-6-13(10-21-18)23-19(25)15-2-1-3-17-16(15)11-22-24-17/h4-11,15H,1-3H2,(H,22,24)(H,23,25). The molecule has 1 aromatic carbocycles. The normalized spacial score (nSPS) is 16.0. The highest BCUT2D eigenvalue weighted by Gasteiger charge is 2.28. The van der Waals surface area contributed by atoms with Crippen molar-refractivity contribution >= 4 is 23.2 Å². The molecule has 0 bridgehead atoms. The van der Waals surface area contributed by atoms with Crippen molar-refractivity contribution in [3.63, 3.8) is 0 Å². The predicted octanol–water partition coefficient (Wildman–Crippen LogP) is 4.31. The third-order valence-electron chi connectivity index (χ3n) is 4.40. The second kappa shape index (κ2) is 7.17. The van der Waals surface area contributed by atoms with Crippen LogP contribution in [0, 0.1) is 0 Å². The van der Waals surface area contributed by atoms with Gasteiger partial charge in [0, 0.05) is 22.3 Å². The number of H-pyrrole nitrogens is 1. The van der Waals surface area contributed by atoms with Crippen LogP contribution in [0.5, 0.6) is 11.6 Å². The summed E-state index contributed by atoms with van der Waals surface area (Å²) >= 11 is 5.85. The van der Waals surface area contributed by atoms with Gasteiger partial charge in [-0.25, -0.2) is 4.98 Å². The zero-order valence-corrected chi connectivity index (χ0v) is 14.7. The Morgan fingerprint density at radius 1 is 1.19 bits per heavy atom. The molecule has 3 aromatic rings. The molecular weight excluding hydrogens is 352 g/mol. The molecule has 0 radical (unpaired) electrons. The molecular formula is C19H17ClN4O2. The molecule has 0 spiro atoms. The Kier molecular flexibility index (Phi) is 4.58. The van der Waals surface area contributed by atoms with Crippen LogP contribution in [-0.4, -0.2) is 21.1 Å². The van der Waals surface area contributed by atoms with E-state index in [1.165, 1.54) is 0 Å². The lowest BCUT2D eigenvalue weighted by atomic mass is 9.86. The summed E-state index contributed by atoms with van der Waals surface area (Å²) in [7, 11) is 0. The lowest BCUT2D eigenvalue weighted by molar-refractivity contribution is -0.117. The molecule has 7 heteroatoms. The number of rotatable bonds is 4. The van der Waals surface area contributed by atoms with Gasteiger partial charge in [0.15, 0.2) is 0 Å². The molecule has 132 valence electrons. The second-order valence-corrected chi connectivity index (χ2v) is 6.62. The molecule has 4 rings (SSSR count). The smallest absolute Gasteiger partial charge is 0.232 e. The number of aromatic nitrogens is 3. The third-order valence-corrected chi connectivity index (χ3v) is 4.66. The Balaban J connectivity index is 1.41. The zero-order valence-electron chi connectivity index (χ0n) is 13.9. The average molecular weight is 369 g/mol. The monoisotopic (exact) mass is 368 g/mol. The number of nitrogens with zero attached hydrogens (tertiary/aromatic N) is 2. The lowest BCUT2D eigenvalue weighted by Gasteiger charge is -2.21. The highest BCUT2D eigenvalue weighted by atomic mass is 35.5. The van der Waals surface area contributed by atoms with Crippen molar-refractivity contribution in [3.05, 3.63) is 65.1 Å². The maximum atomic E-state index is 12.6. The number of halogens is 1. The van der Waals surface area contributed by atoms with Gasteiger partial charge in [-0.15, -0.1) is 0 Å². The second-order valence-electron chi connectivity index (χ2n) is 6.18. The van der Waals surface area contributed by atoms with Crippen LogP contribution in [-0.2, 0) is 11.2 Å². The van der Waals surface area contributed by atoms with E-state index >= 15 is 0 Å². The number of carbonyl (C=O) groups is 1. The largest absolute Gasteiger partial charge is 0.439 e. The Morgan fingerprint density at radius 3 is 2.81 bits per heavy atom. The summed E-state index contributed by atoms with van der Waals surface area (Å²) in [4.78, 5) is 16.9. The van der Waals surface area contributed by atoms with Crippen LogP contribution in [0.2, 0.25) is 5.02 Å². The van der Waals surface area contributed by atoms with Gasteiger partial charge in [-0.2, -0.15) is 5.10 Å². The van der Waals surface area contributed by atoms with Gasteiger partial charge in [0.05, 0.1) is 24.0 Å². The first-order valence-electron chi connectivity index (χ1n) is 8.41. The van der Waals surface area contributed by atoms with E-state index < -0.39 is 0 Å². The van der Waals surface area contributed by atoms with E-state index in [1.54, 1.807) is 48.8 Å². The number of hydrogen-bond acceptors (Lipinski definition) is 4. The first-order chi connectivity index (χ1) is 12.7. The molecule has 26 heavy (non-hydrogen) atoms. The van der Waals surface area contributed by atoms with Crippen molar-refractivity contribution in [1.29, 1.82) is 0 Å². The van der Waals surface area contributed by atoms with Crippen molar-refractivity contribution in [1.82, 2.24) is 15.2 Å². The highest BCUT2D eigenvalue weighted by Crippen LogP contribution is 2.31. The fourth-order valence-corrected chi connectivity index (χ4v) is 3.23. The van der Waals surface area contributed by atoms with Crippen molar-refractivity contribution < 1.29 is 9.53 Å². The van der Waals surface area contributed by atoms with E-state index in [1.807, 2.05) is 0 Å². The summed E-state index contributed by atoms with van der Waals surface area (Å²) < 4.78 is 5.65. The van der Waals surface area contributed by atoms with Crippen LogP contribution in [0.15, 0.2) is 48.8 Å². The Labute approximate surface area is 155 Å². The van der Waals surface area contributed by atoms with E-state index in [-0.39, 0.29) is 11.8 Å². The van der Waals surface area contributed by atoms with E-state index in [0.717, 1.165) is 30.5 Å². The minimum absolute atomic E-state index is 0.0412. The number of pyridine rings is 1. The molecule has 1 amide bonds. The van der Waals surface area contributed by atoms with Crippen LogP contribution in [0.25, 0.3) is 0 Å². The number of nitrogens with one attached hydrogen (secondary N) is 2. The van der Waals surface area contributed by atoms with Crippen LogP contribution in [0.4, 0.5) is 5.69 Å². The fourth-order valence-electron chi connectivity index (χ4n) is 3.10. The number of aromatic amines is 1. The molecule has 2 N–H and O–H groups in total. The van der Waals surface area contributed by atoms with E-state index in [0.29, 0.717) is 22.3 Å². The molecule has 0 saturated heterocycles. The number of fused-ring (bicyclic) bond motifs is 1. The highest BCUT2D eigenvalue weighted by molar-refractivity contribution is 6.30. The summed E-state index contributed by atoms with van der Waals surface area (Å²) in [5.74, 6) is 0.872. The number of anilines is 1. The zero-order chi connectivity index (χ0) is 17.9. The maximum Gasteiger partial charge on any atom is 0.232 e. The minimum Gasteiger partial charge on any atom is -0.439 e. The first-order valence-corrected chi connectivity index (χ1v) is 8.79. The SMILES string of the molecule is O=C(Nc1ccc(Oc2ccc(Cl)cc2)nc1)C1CCCc2[nH]ncc21. The quantitative estimate of drug-likeness (QED) is 0.719. The third kappa shape index (κ3) is 3.55. The van der Waals surface area contributed by atoms with Crippen molar-refractivity contribution in [2.24, 2.45) is 0 Å². The van der Waals surface area contributed by atoms with Crippen LogP contribution in [0.3, 0.4) is 0 Å². The Morgan fingerprint density at radius 2 is 2.04 bits per heavy atom. The summed E-state index contributed by atoms with van der Waals surface area (Å²) in [5.41, 5.74) is 2.68. The molecule has 1 aliphatic rings. The first kappa shape index (κ1) is 16.6. The fraction of sp³-hybridized carbons (Fsp3) is 0.211. The summed E-state index contributed by atoms with van der Waals surface area (Å²) in [6.07, 6.45) is 6.07. The molecule has 1 atom stereocenters. The molecule has 0 fully saturated rings. The Hall–Kier alpha value is -2.86. The van der Waals surface area contributed by atoms with Crippen LogP contribution >= 0.6 is 11.6 Å². The molecule has 2 heterocycles. The minimum atomic E-state index is -0.178. The average Bonchev–Trinajstić information content (AvgIpc) is 3.14.